The van der Waals surface area contributed by atoms with Gasteiger partial charge in [0, 0.05) is 24.8 Å². The van der Waals surface area contributed by atoms with Crippen molar-refractivity contribution in [3.05, 3.63) is 35.6 Å². The first-order chi connectivity index (χ1) is 9.22. The molecule has 19 heavy (non-hydrogen) atoms. The maximum absolute atomic E-state index is 13.6. The summed E-state index contributed by atoms with van der Waals surface area (Å²) in [6.07, 6.45) is 3.16. The topological polar surface area (TPSA) is 43.7 Å². The fourth-order valence-electron chi connectivity index (χ4n) is 2.86. The highest BCUT2D eigenvalue weighted by Crippen LogP contribution is 2.25. The van der Waals surface area contributed by atoms with Crippen molar-refractivity contribution >= 4 is 0 Å². The van der Waals surface area contributed by atoms with Crippen molar-refractivity contribution in [2.24, 2.45) is 0 Å². The molecule has 1 saturated heterocycles. The molecule has 0 saturated carbocycles. The summed E-state index contributed by atoms with van der Waals surface area (Å²) in [6.45, 7) is 1.62. The molecule has 2 unspecified atom stereocenters. The fourth-order valence-corrected chi connectivity index (χ4v) is 2.86. The summed E-state index contributed by atoms with van der Waals surface area (Å²) in [5.74, 6) is -0.346. The van der Waals surface area contributed by atoms with Crippen LogP contribution in [-0.2, 0) is 0 Å². The predicted octanol–water partition coefficient (Wildman–Crippen LogP) is 2.10. The second-order valence-corrected chi connectivity index (χ2v) is 5.19. The minimum absolute atomic E-state index is 0.209. The molecular formula is C15H22FNO2. The molecule has 1 aliphatic rings. The van der Waals surface area contributed by atoms with E-state index in [9.17, 15) is 9.50 Å². The summed E-state index contributed by atoms with van der Waals surface area (Å²) in [4.78, 5) is 2.22. The van der Waals surface area contributed by atoms with Gasteiger partial charge in [-0.15, -0.1) is 0 Å². The molecule has 0 amide bonds. The van der Waals surface area contributed by atoms with Gasteiger partial charge in [-0.05, 0) is 38.3 Å². The molecule has 1 aromatic carbocycles. The van der Waals surface area contributed by atoms with Gasteiger partial charge < -0.3 is 10.2 Å². The van der Waals surface area contributed by atoms with Crippen LogP contribution >= 0.6 is 0 Å². The SMILES string of the molecule is OCCCC1CCCN1CC(O)c1ccccc1F. The Kier molecular flexibility index (Phi) is 5.31. The van der Waals surface area contributed by atoms with Gasteiger partial charge in [0.25, 0.3) is 0 Å². The minimum atomic E-state index is -0.782. The fraction of sp³-hybridized carbons (Fsp3) is 0.600. The number of hydrogen-bond donors (Lipinski definition) is 2. The van der Waals surface area contributed by atoms with Crippen molar-refractivity contribution in [3.8, 4) is 0 Å². The van der Waals surface area contributed by atoms with E-state index in [0.29, 0.717) is 18.2 Å². The van der Waals surface area contributed by atoms with Crippen LogP contribution in [0.3, 0.4) is 0 Å². The Morgan fingerprint density at radius 3 is 2.89 bits per heavy atom. The van der Waals surface area contributed by atoms with E-state index in [2.05, 4.69) is 4.90 Å². The largest absolute Gasteiger partial charge is 0.396 e. The van der Waals surface area contributed by atoms with Gasteiger partial charge in [-0.2, -0.15) is 0 Å². The predicted molar refractivity (Wildman–Crippen MR) is 72.3 cm³/mol. The molecule has 1 aliphatic heterocycles. The van der Waals surface area contributed by atoms with Crippen molar-refractivity contribution < 1.29 is 14.6 Å². The number of rotatable bonds is 6. The normalized spacial score (nSPS) is 21.7. The first kappa shape index (κ1) is 14.4. The molecule has 2 N–H and O–H groups in total. The Labute approximate surface area is 113 Å². The number of aliphatic hydroxyl groups excluding tert-OH is 2. The first-order valence-electron chi connectivity index (χ1n) is 6.99. The smallest absolute Gasteiger partial charge is 0.129 e. The third-order valence-electron chi connectivity index (χ3n) is 3.87. The molecule has 106 valence electrons. The maximum Gasteiger partial charge on any atom is 0.129 e. The summed E-state index contributed by atoms with van der Waals surface area (Å²) < 4.78 is 13.6. The van der Waals surface area contributed by atoms with Crippen molar-refractivity contribution in [3.63, 3.8) is 0 Å². The van der Waals surface area contributed by atoms with E-state index < -0.39 is 6.10 Å². The lowest BCUT2D eigenvalue weighted by Crippen LogP contribution is -2.33. The second kappa shape index (κ2) is 6.98. The summed E-state index contributed by atoms with van der Waals surface area (Å²) >= 11 is 0. The van der Waals surface area contributed by atoms with Gasteiger partial charge in [0.05, 0.1) is 6.10 Å². The van der Waals surface area contributed by atoms with Crippen molar-refractivity contribution in [1.82, 2.24) is 4.90 Å². The van der Waals surface area contributed by atoms with Gasteiger partial charge >= 0.3 is 0 Å². The summed E-state index contributed by atoms with van der Waals surface area (Å²) in [5.41, 5.74) is 0.371. The lowest BCUT2D eigenvalue weighted by molar-refractivity contribution is 0.0988. The highest BCUT2D eigenvalue weighted by Gasteiger charge is 2.26. The number of aliphatic hydroxyl groups is 2. The molecule has 3 nitrogen and oxygen atoms in total. The molecule has 1 heterocycles. The van der Waals surface area contributed by atoms with E-state index in [1.54, 1.807) is 18.2 Å². The van der Waals surface area contributed by atoms with Crippen LogP contribution < -0.4 is 0 Å². The van der Waals surface area contributed by atoms with Crippen LogP contribution in [-0.4, -0.2) is 40.9 Å². The van der Waals surface area contributed by atoms with Crippen LogP contribution in [0.15, 0.2) is 24.3 Å². The average Bonchev–Trinajstić information content (AvgIpc) is 2.84. The zero-order valence-electron chi connectivity index (χ0n) is 11.1. The number of halogens is 1. The van der Waals surface area contributed by atoms with Crippen LogP contribution in [0, 0.1) is 5.82 Å². The monoisotopic (exact) mass is 267 g/mol. The molecule has 4 heteroatoms. The standard InChI is InChI=1S/C15H22FNO2/c16-14-8-2-1-7-13(14)15(19)11-17-9-3-5-12(17)6-4-10-18/h1-2,7-8,12,15,18-19H,3-6,9-11H2. The van der Waals surface area contributed by atoms with Gasteiger partial charge in [-0.1, -0.05) is 18.2 Å². The molecular weight excluding hydrogens is 245 g/mol. The number of benzene rings is 1. The van der Waals surface area contributed by atoms with E-state index in [-0.39, 0.29) is 12.4 Å². The Balaban J connectivity index is 1.94. The quantitative estimate of drug-likeness (QED) is 0.829. The summed E-state index contributed by atoms with van der Waals surface area (Å²) in [6, 6.07) is 6.80. The van der Waals surface area contributed by atoms with Crippen LogP contribution in [0.25, 0.3) is 0 Å². The van der Waals surface area contributed by atoms with Crippen molar-refractivity contribution in [2.45, 2.75) is 37.8 Å². The lowest BCUT2D eigenvalue weighted by atomic mass is 10.1. The second-order valence-electron chi connectivity index (χ2n) is 5.19. The van der Waals surface area contributed by atoms with E-state index in [1.165, 1.54) is 6.07 Å². The van der Waals surface area contributed by atoms with Crippen LogP contribution in [0.2, 0.25) is 0 Å². The van der Waals surface area contributed by atoms with E-state index in [4.69, 9.17) is 5.11 Å². The number of hydrogen-bond acceptors (Lipinski definition) is 3. The Bertz CT molecular complexity index is 399. The zero-order chi connectivity index (χ0) is 13.7. The number of likely N-dealkylation sites (tertiary alicyclic amines) is 1. The van der Waals surface area contributed by atoms with Crippen LogP contribution in [0.1, 0.15) is 37.4 Å². The molecule has 0 bridgehead atoms. The van der Waals surface area contributed by atoms with Crippen LogP contribution in [0.4, 0.5) is 4.39 Å². The van der Waals surface area contributed by atoms with Crippen molar-refractivity contribution in [1.29, 1.82) is 0 Å². The molecule has 1 aromatic rings. The highest BCUT2D eigenvalue weighted by molar-refractivity contribution is 5.20. The summed E-state index contributed by atoms with van der Waals surface area (Å²) in [7, 11) is 0. The molecule has 2 atom stereocenters. The molecule has 0 aliphatic carbocycles. The van der Waals surface area contributed by atoms with Crippen molar-refractivity contribution in [2.75, 3.05) is 19.7 Å². The van der Waals surface area contributed by atoms with Gasteiger partial charge in [-0.25, -0.2) is 4.39 Å². The molecule has 2 rings (SSSR count). The maximum atomic E-state index is 13.6. The Hall–Kier alpha value is -0.970. The minimum Gasteiger partial charge on any atom is -0.396 e. The molecule has 0 radical (unpaired) electrons. The van der Waals surface area contributed by atoms with Crippen LogP contribution in [0.5, 0.6) is 0 Å². The van der Waals surface area contributed by atoms with Gasteiger partial charge in [-0.3, -0.25) is 4.90 Å². The summed E-state index contributed by atoms with van der Waals surface area (Å²) in [5, 5.41) is 19.1. The Morgan fingerprint density at radius 2 is 2.16 bits per heavy atom. The molecule has 0 spiro atoms. The lowest BCUT2D eigenvalue weighted by Gasteiger charge is -2.27. The Morgan fingerprint density at radius 1 is 1.37 bits per heavy atom. The molecule has 0 aromatic heterocycles. The first-order valence-corrected chi connectivity index (χ1v) is 6.99. The number of β-amino-alcohol motifs (C(OH)–C–C–N with tert-alkyl or cyclic N) is 1. The molecule has 1 fully saturated rings. The van der Waals surface area contributed by atoms with Gasteiger partial charge in [0.15, 0.2) is 0 Å². The van der Waals surface area contributed by atoms with Gasteiger partial charge in [0.1, 0.15) is 5.82 Å². The van der Waals surface area contributed by atoms with Gasteiger partial charge in [0.2, 0.25) is 0 Å². The third-order valence-corrected chi connectivity index (χ3v) is 3.87. The number of nitrogens with zero attached hydrogens (tertiary/aromatic N) is 1. The third kappa shape index (κ3) is 3.75. The van der Waals surface area contributed by atoms with E-state index in [0.717, 1.165) is 32.2 Å². The van der Waals surface area contributed by atoms with E-state index >= 15 is 0 Å². The highest BCUT2D eigenvalue weighted by atomic mass is 19.1. The average molecular weight is 267 g/mol. The zero-order valence-corrected chi connectivity index (χ0v) is 11.1. The van der Waals surface area contributed by atoms with E-state index in [1.807, 2.05) is 0 Å².